The summed E-state index contributed by atoms with van der Waals surface area (Å²) in [4.78, 5) is 18.5. The maximum Gasteiger partial charge on any atom is 0.254 e. The molecular formula is C15H25N3O2. The van der Waals surface area contributed by atoms with E-state index >= 15 is 0 Å². The quantitative estimate of drug-likeness (QED) is 0.764. The Bertz CT molecular complexity index is 429. The van der Waals surface area contributed by atoms with E-state index in [4.69, 9.17) is 5.11 Å². The van der Waals surface area contributed by atoms with Gasteiger partial charge >= 0.3 is 0 Å². The van der Waals surface area contributed by atoms with Crippen LogP contribution >= 0.6 is 0 Å². The van der Waals surface area contributed by atoms with E-state index in [2.05, 4.69) is 17.2 Å². The molecule has 2 N–H and O–H groups in total. The Morgan fingerprint density at radius 1 is 1.30 bits per heavy atom. The van der Waals surface area contributed by atoms with Crippen LogP contribution in [0.5, 0.6) is 0 Å². The summed E-state index contributed by atoms with van der Waals surface area (Å²) in [7, 11) is 0. The van der Waals surface area contributed by atoms with Gasteiger partial charge in [-0.05, 0) is 31.9 Å². The lowest BCUT2D eigenvalue weighted by Crippen LogP contribution is -2.34. The van der Waals surface area contributed by atoms with Gasteiger partial charge in [-0.25, -0.2) is 4.98 Å². The first-order valence-corrected chi connectivity index (χ1v) is 7.25. The number of amides is 1. The number of aromatic nitrogens is 1. The lowest BCUT2D eigenvalue weighted by molar-refractivity contribution is 0.0722. The molecule has 112 valence electrons. The summed E-state index contributed by atoms with van der Waals surface area (Å²) >= 11 is 0. The number of nitrogens with zero attached hydrogens (tertiary/aromatic N) is 2. The third-order valence-corrected chi connectivity index (χ3v) is 2.91. The average molecular weight is 279 g/mol. The highest BCUT2D eigenvalue weighted by molar-refractivity contribution is 5.95. The van der Waals surface area contributed by atoms with Gasteiger partial charge < -0.3 is 15.3 Å². The maximum atomic E-state index is 12.5. The summed E-state index contributed by atoms with van der Waals surface area (Å²) in [6.07, 6.45) is 1.88. The van der Waals surface area contributed by atoms with Crippen LogP contribution in [0, 0.1) is 6.92 Å². The number of carbonyl (C=O) groups is 1. The minimum absolute atomic E-state index is 0.0171. The normalized spacial score (nSPS) is 10.4. The van der Waals surface area contributed by atoms with Crippen LogP contribution in [0.3, 0.4) is 0 Å². The molecule has 1 aromatic heterocycles. The predicted molar refractivity (Wildman–Crippen MR) is 81.0 cm³/mol. The molecule has 0 saturated carbocycles. The summed E-state index contributed by atoms with van der Waals surface area (Å²) in [5.74, 6) is 0.682. The van der Waals surface area contributed by atoms with E-state index in [9.17, 15) is 4.79 Å². The van der Waals surface area contributed by atoms with Crippen LogP contribution in [-0.4, -0.2) is 47.1 Å². The molecule has 5 heteroatoms. The molecule has 0 radical (unpaired) electrons. The van der Waals surface area contributed by atoms with E-state index < -0.39 is 0 Å². The Kier molecular flexibility index (Phi) is 7.01. The molecule has 0 bridgehead atoms. The number of aliphatic hydroxyl groups excluding tert-OH is 1. The van der Waals surface area contributed by atoms with Crippen molar-refractivity contribution >= 4 is 11.7 Å². The fourth-order valence-electron chi connectivity index (χ4n) is 2.02. The van der Waals surface area contributed by atoms with E-state index in [-0.39, 0.29) is 12.5 Å². The van der Waals surface area contributed by atoms with Crippen LogP contribution in [-0.2, 0) is 0 Å². The number of carbonyl (C=O) groups excluding carboxylic acids is 1. The minimum Gasteiger partial charge on any atom is -0.395 e. The van der Waals surface area contributed by atoms with E-state index in [1.54, 1.807) is 17.0 Å². The van der Waals surface area contributed by atoms with Gasteiger partial charge in [0, 0.05) is 30.9 Å². The van der Waals surface area contributed by atoms with Crippen molar-refractivity contribution in [1.82, 2.24) is 9.88 Å². The molecule has 20 heavy (non-hydrogen) atoms. The lowest BCUT2D eigenvalue weighted by Gasteiger charge is -2.21. The number of hydrogen-bond donors (Lipinski definition) is 2. The number of hydrogen-bond acceptors (Lipinski definition) is 4. The van der Waals surface area contributed by atoms with Gasteiger partial charge in [0.15, 0.2) is 0 Å². The van der Waals surface area contributed by atoms with Gasteiger partial charge in [-0.3, -0.25) is 4.79 Å². The maximum absolute atomic E-state index is 12.5. The highest BCUT2D eigenvalue weighted by Gasteiger charge is 2.15. The summed E-state index contributed by atoms with van der Waals surface area (Å²) in [6.45, 7) is 7.81. The first-order valence-electron chi connectivity index (χ1n) is 7.25. The van der Waals surface area contributed by atoms with Crippen LogP contribution in [0.15, 0.2) is 12.1 Å². The standard InChI is InChI=1S/C15H25N3O2/c1-4-6-16-14-11-13(10-12(3)17-14)15(20)18(7-5-2)8-9-19/h10-11,19H,4-9H2,1-3H3,(H,16,17). The number of aryl methyl sites for hydroxylation is 1. The van der Waals surface area contributed by atoms with Crippen molar-refractivity contribution in [2.24, 2.45) is 0 Å². The molecule has 0 unspecified atom stereocenters. The molecule has 0 saturated heterocycles. The summed E-state index contributed by atoms with van der Waals surface area (Å²) in [6, 6.07) is 3.57. The number of pyridine rings is 1. The van der Waals surface area contributed by atoms with Gasteiger partial charge in [0.25, 0.3) is 5.91 Å². The second-order valence-corrected chi connectivity index (χ2v) is 4.83. The minimum atomic E-state index is -0.0500. The highest BCUT2D eigenvalue weighted by Crippen LogP contribution is 2.13. The molecule has 0 fully saturated rings. The Morgan fingerprint density at radius 3 is 2.65 bits per heavy atom. The van der Waals surface area contributed by atoms with Crippen molar-refractivity contribution in [2.75, 3.05) is 31.6 Å². The van der Waals surface area contributed by atoms with Gasteiger partial charge in [0.1, 0.15) is 5.82 Å². The van der Waals surface area contributed by atoms with E-state index in [1.165, 1.54) is 0 Å². The molecule has 0 atom stereocenters. The molecule has 1 rings (SSSR count). The highest BCUT2D eigenvalue weighted by atomic mass is 16.3. The van der Waals surface area contributed by atoms with E-state index in [1.807, 2.05) is 13.8 Å². The molecule has 0 aromatic carbocycles. The van der Waals surface area contributed by atoms with E-state index in [0.29, 0.717) is 18.7 Å². The zero-order valence-electron chi connectivity index (χ0n) is 12.6. The Hall–Kier alpha value is -1.62. The van der Waals surface area contributed by atoms with Crippen molar-refractivity contribution in [1.29, 1.82) is 0 Å². The van der Waals surface area contributed by atoms with Crippen LogP contribution < -0.4 is 5.32 Å². The monoisotopic (exact) mass is 279 g/mol. The topological polar surface area (TPSA) is 65.5 Å². The van der Waals surface area contributed by atoms with Gasteiger partial charge in [0.2, 0.25) is 0 Å². The molecule has 0 aliphatic heterocycles. The Labute approximate surface area is 121 Å². The number of aliphatic hydroxyl groups is 1. The van der Waals surface area contributed by atoms with Crippen LogP contribution in [0.1, 0.15) is 42.7 Å². The average Bonchev–Trinajstić information content (AvgIpc) is 2.43. The Morgan fingerprint density at radius 2 is 2.05 bits per heavy atom. The van der Waals surface area contributed by atoms with Crippen molar-refractivity contribution in [3.63, 3.8) is 0 Å². The van der Waals surface area contributed by atoms with Gasteiger partial charge in [0.05, 0.1) is 6.61 Å². The van der Waals surface area contributed by atoms with Gasteiger partial charge in [-0.2, -0.15) is 0 Å². The van der Waals surface area contributed by atoms with Crippen molar-refractivity contribution in [2.45, 2.75) is 33.6 Å². The summed E-state index contributed by atoms with van der Waals surface area (Å²) < 4.78 is 0. The number of nitrogens with one attached hydrogen (secondary N) is 1. The third kappa shape index (κ3) is 4.81. The van der Waals surface area contributed by atoms with Crippen molar-refractivity contribution < 1.29 is 9.90 Å². The molecule has 1 heterocycles. The number of rotatable bonds is 8. The largest absolute Gasteiger partial charge is 0.395 e. The second kappa shape index (κ2) is 8.53. The predicted octanol–water partition coefficient (Wildman–Crippen LogP) is 2.06. The summed E-state index contributed by atoms with van der Waals surface area (Å²) in [5, 5.41) is 12.3. The zero-order valence-corrected chi connectivity index (χ0v) is 12.6. The molecule has 0 spiro atoms. The van der Waals surface area contributed by atoms with E-state index in [0.717, 1.165) is 30.9 Å². The van der Waals surface area contributed by atoms with Crippen LogP contribution in [0.25, 0.3) is 0 Å². The van der Waals surface area contributed by atoms with Crippen LogP contribution in [0.4, 0.5) is 5.82 Å². The second-order valence-electron chi connectivity index (χ2n) is 4.83. The zero-order chi connectivity index (χ0) is 15.0. The van der Waals surface area contributed by atoms with Gasteiger partial charge in [-0.15, -0.1) is 0 Å². The Balaban J connectivity index is 2.92. The van der Waals surface area contributed by atoms with Crippen molar-refractivity contribution in [3.8, 4) is 0 Å². The van der Waals surface area contributed by atoms with Gasteiger partial charge in [-0.1, -0.05) is 13.8 Å². The summed E-state index contributed by atoms with van der Waals surface area (Å²) in [5.41, 5.74) is 1.44. The molecule has 1 aromatic rings. The molecule has 5 nitrogen and oxygen atoms in total. The molecular weight excluding hydrogens is 254 g/mol. The van der Waals surface area contributed by atoms with Crippen LogP contribution in [0.2, 0.25) is 0 Å². The smallest absolute Gasteiger partial charge is 0.254 e. The third-order valence-electron chi connectivity index (χ3n) is 2.91. The molecule has 0 aliphatic carbocycles. The first kappa shape index (κ1) is 16.4. The first-order chi connectivity index (χ1) is 9.62. The molecule has 0 aliphatic rings. The molecule has 1 amide bonds. The fraction of sp³-hybridized carbons (Fsp3) is 0.600. The number of anilines is 1. The fourth-order valence-corrected chi connectivity index (χ4v) is 2.02. The lowest BCUT2D eigenvalue weighted by atomic mass is 10.2. The SMILES string of the molecule is CCCNc1cc(C(=O)N(CCC)CCO)cc(C)n1. The van der Waals surface area contributed by atoms with Crippen molar-refractivity contribution in [3.05, 3.63) is 23.4 Å².